The number of rotatable bonds is 4. The molecule has 3 fully saturated rings. The fraction of sp³-hybridized carbons (Fsp3) is 0.421. The van der Waals surface area contributed by atoms with Crippen LogP contribution in [0.4, 0.5) is 0 Å². The standard InChI is InChI=1S/C19H22N2O3S/c1-12-18(13-7-9-21(12)10-8-13)20-19(23)16-5-6-17(25-16)24-15-4-2-3-14(22)11-15/h2-6,11-13,18,22H,7-10H2,1H3,(H,20,23). The molecule has 0 aliphatic carbocycles. The van der Waals surface area contributed by atoms with E-state index in [-0.39, 0.29) is 17.7 Å². The quantitative estimate of drug-likeness (QED) is 0.879. The molecular formula is C19H22N2O3S. The second-order valence-corrected chi connectivity index (χ2v) is 7.88. The number of nitrogens with zero attached hydrogens (tertiary/aromatic N) is 1. The summed E-state index contributed by atoms with van der Waals surface area (Å²) in [5.41, 5.74) is 0. The molecular weight excluding hydrogens is 336 g/mol. The number of nitrogens with one attached hydrogen (secondary N) is 1. The predicted octanol–water partition coefficient (Wildman–Crippen LogP) is 3.46. The van der Waals surface area contributed by atoms with Crippen molar-refractivity contribution >= 4 is 17.2 Å². The van der Waals surface area contributed by atoms with Gasteiger partial charge in [0.05, 0.1) is 4.88 Å². The summed E-state index contributed by atoms with van der Waals surface area (Å²) in [6, 6.07) is 10.9. The molecule has 5 rings (SSSR count). The molecule has 0 spiro atoms. The van der Waals surface area contributed by atoms with E-state index in [9.17, 15) is 9.90 Å². The Bertz CT molecular complexity index is 766. The first-order valence-electron chi connectivity index (χ1n) is 8.72. The number of amides is 1. The van der Waals surface area contributed by atoms with Crippen LogP contribution in [0.15, 0.2) is 36.4 Å². The highest BCUT2D eigenvalue weighted by atomic mass is 32.1. The van der Waals surface area contributed by atoms with E-state index in [2.05, 4.69) is 17.1 Å². The summed E-state index contributed by atoms with van der Waals surface area (Å²) >= 11 is 1.32. The van der Waals surface area contributed by atoms with Crippen LogP contribution in [-0.4, -0.2) is 41.1 Å². The number of piperidine rings is 3. The Morgan fingerprint density at radius 3 is 2.80 bits per heavy atom. The van der Waals surface area contributed by atoms with E-state index < -0.39 is 0 Å². The van der Waals surface area contributed by atoms with Gasteiger partial charge in [-0.25, -0.2) is 0 Å². The summed E-state index contributed by atoms with van der Waals surface area (Å²) < 4.78 is 5.72. The molecule has 1 amide bonds. The van der Waals surface area contributed by atoms with Crippen LogP contribution in [-0.2, 0) is 0 Å². The van der Waals surface area contributed by atoms with Crippen molar-refractivity contribution in [1.29, 1.82) is 0 Å². The van der Waals surface area contributed by atoms with Crippen molar-refractivity contribution in [1.82, 2.24) is 10.2 Å². The van der Waals surface area contributed by atoms with Gasteiger partial charge in [-0.1, -0.05) is 17.4 Å². The molecule has 25 heavy (non-hydrogen) atoms. The minimum Gasteiger partial charge on any atom is -0.508 e. The smallest absolute Gasteiger partial charge is 0.261 e. The van der Waals surface area contributed by atoms with Crippen molar-refractivity contribution in [3.8, 4) is 16.6 Å². The van der Waals surface area contributed by atoms with Gasteiger partial charge in [0.15, 0.2) is 5.06 Å². The van der Waals surface area contributed by atoms with Crippen molar-refractivity contribution in [3.63, 3.8) is 0 Å². The zero-order valence-electron chi connectivity index (χ0n) is 14.1. The van der Waals surface area contributed by atoms with Gasteiger partial charge in [0.2, 0.25) is 0 Å². The monoisotopic (exact) mass is 358 g/mol. The fourth-order valence-electron chi connectivity index (χ4n) is 3.93. The summed E-state index contributed by atoms with van der Waals surface area (Å²) in [6.45, 7) is 4.51. The molecule has 3 aliphatic heterocycles. The number of aromatic hydroxyl groups is 1. The molecule has 1 aromatic carbocycles. The predicted molar refractivity (Wildman–Crippen MR) is 97.5 cm³/mol. The van der Waals surface area contributed by atoms with Gasteiger partial charge in [0.1, 0.15) is 11.5 Å². The summed E-state index contributed by atoms with van der Waals surface area (Å²) in [6.07, 6.45) is 2.34. The number of carbonyl (C=O) groups is 1. The number of hydrogen-bond acceptors (Lipinski definition) is 5. The number of carbonyl (C=O) groups excluding carboxylic acids is 1. The highest BCUT2D eigenvalue weighted by Gasteiger charge is 2.40. The van der Waals surface area contributed by atoms with Crippen LogP contribution < -0.4 is 10.1 Å². The molecule has 0 radical (unpaired) electrons. The van der Waals surface area contributed by atoms with Crippen molar-refractivity contribution in [2.45, 2.75) is 31.8 Å². The Kier molecular flexibility index (Phi) is 4.39. The lowest BCUT2D eigenvalue weighted by atomic mass is 9.79. The third-order valence-electron chi connectivity index (χ3n) is 5.32. The molecule has 2 aromatic rings. The number of benzene rings is 1. The second kappa shape index (κ2) is 6.69. The molecule has 6 heteroatoms. The van der Waals surface area contributed by atoms with Gasteiger partial charge in [-0.05, 0) is 63.0 Å². The molecule has 0 saturated carbocycles. The molecule has 1 aromatic heterocycles. The molecule has 3 aliphatic rings. The van der Waals surface area contributed by atoms with Crippen LogP contribution >= 0.6 is 11.3 Å². The Morgan fingerprint density at radius 2 is 2.08 bits per heavy atom. The van der Waals surface area contributed by atoms with Crippen LogP contribution in [0.3, 0.4) is 0 Å². The van der Waals surface area contributed by atoms with E-state index in [1.54, 1.807) is 36.4 Å². The zero-order chi connectivity index (χ0) is 17.4. The highest BCUT2D eigenvalue weighted by Crippen LogP contribution is 2.34. The molecule has 5 nitrogen and oxygen atoms in total. The number of ether oxygens (including phenoxy) is 1. The maximum atomic E-state index is 12.6. The van der Waals surface area contributed by atoms with Crippen LogP contribution in [0.5, 0.6) is 16.6 Å². The van der Waals surface area contributed by atoms with Crippen molar-refractivity contribution in [2.75, 3.05) is 13.1 Å². The van der Waals surface area contributed by atoms with Gasteiger partial charge in [-0.2, -0.15) is 0 Å². The van der Waals surface area contributed by atoms with Gasteiger partial charge in [-0.15, -0.1) is 0 Å². The van der Waals surface area contributed by atoms with Crippen molar-refractivity contribution in [3.05, 3.63) is 41.3 Å². The maximum Gasteiger partial charge on any atom is 0.261 e. The first-order valence-corrected chi connectivity index (χ1v) is 9.53. The van der Waals surface area contributed by atoms with Crippen LogP contribution in [0.2, 0.25) is 0 Å². The third-order valence-corrected chi connectivity index (χ3v) is 6.28. The van der Waals surface area contributed by atoms with E-state index in [0.717, 1.165) is 13.1 Å². The average Bonchev–Trinajstić information content (AvgIpc) is 3.07. The van der Waals surface area contributed by atoms with Gasteiger partial charge < -0.3 is 15.2 Å². The Hall–Kier alpha value is -2.05. The molecule has 4 heterocycles. The van der Waals surface area contributed by atoms with E-state index in [1.807, 2.05) is 0 Å². The van der Waals surface area contributed by atoms with Gasteiger partial charge in [0.25, 0.3) is 5.91 Å². The first-order chi connectivity index (χ1) is 12.1. The minimum atomic E-state index is -0.0265. The molecule has 3 saturated heterocycles. The summed E-state index contributed by atoms with van der Waals surface area (Å²) in [5.74, 6) is 1.27. The Balaban J connectivity index is 1.42. The lowest BCUT2D eigenvalue weighted by Crippen LogP contribution is -2.62. The van der Waals surface area contributed by atoms with Gasteiger partial charge >= 0.3 is 0 Å². The first kappa shape index (κ1) is 16.4. The SMILES string of the molecule is CC1C(NC(=O)c2ccc(Oc3cccc(O)c3)s2)C2CCN1CC2. The minimum absolute atomic E-state index is 0.0265. The average molecular weight is 358 g/mol. The highest BCUT2D eigenvalue weighted by molar-refractivity contribution is 7.15. The molecule has 132 valence electrons. The second-order valence-electron chi connectivity index (χ2n) is 6.83. The summed E-state index contributed by atoms with van der Waals surface area (Å²) in [4.78, 5) is 15.8. The fourth-order valence-corrected chi connectivity index (χ4v) is 4.71. The topological polar surface area (TPSA) is 61.8 Å². The van der Waals surface area contributed by atoms with E-state index in [1.165, 1.54) is 24.2 Å². The van der Waals surface area contributed by atoms with Crippen molar-refractivity contribution < 1.29 is 14.6 Å². The van der Waals surface area contributed by atoms with Crippen molar-refractivity contribution in [2.24, 2.45) is 5.92 Å². The van der Waals surface area contributed by atoms with Crippen LogP contribution in [0, 0.1) is 5.92 Å². The molecule has 2 atom stereocenters. The zero-order valence-corrected chi connectivity index (χ0v) is 15.0. The normalized spacial score (nSPS) is 27.9. The van der Waals surface area contributed by atoms with Crippen LogP contribution in [0.1, 0.15) is 29.4 Å². The van der Waals surface area contributed by atoms with Gasteiger partial charge in [0, 0.05) is 18.2 Å². The summed E-state index contributed by atoms with van der Waals surface area (Å²) in [5, 5.41) is 13.4. The maximum absolute atomic E-state index is 12.6. The summed E-state index contributed by atoms with van der Waals surface area (Å²) in [7, 11) is 0. The van der Waals surface area contributed by atoms with E-state index in [4.69, 9.17) is 4.74 Å². The van der Waals surface area contributed by atoms with E-state index in [0.29, 0.717) is 27.6 Å². The molecule has 2 N–H and O–H groups in total. The lowest BCUT2D eigenvalue weighted by Gasteiger charge is -2.49. The lowest BCUT2D eigenvalue weighted by molar-refractivity contribution is 0.0218. The third kappa shape index (κ3) is 3.37. The number of fused-ring (bicyclic) bond motifs is 3. The Morgan fingerprint density at radius 1 is 1.28 bits per heavy atom. The van der Waals surface area contributed by atoms with E-state index >= 15 is 0 Å². The molecule has 2 bridgehead atoms. The Labute approximate surface area is 151 Å². The van der Waals surface area contributed by atoms with Crippen LogP contribution in [0.25, 0.3) is 0 Å². The van der Waals surface area contributed by atoms with Gasteiger partial charge in [-0.3, -0.25) is 9.69 Å². The number of phenolic OH excluding ortho intramolecular Hbond substituents is 1. The largest absolute Gasteiger partial charge is 0.508 e. The number of hydrogen-bond donors (Lipinski definition) is 2. The molecule has 2 unspecified atom stereocenters. The number of thiophene rings is 1. The number of phenols is 1.